The van der Waals surface area contributed by atoms with Gasteiger partial charge in [-0.25, -0.2) is 0 Å². The monoisotopic (exact) mass is 284 g/mol. The van der Waals surface area contributed by atoms with Crippen molar-refractivity contribution in [3.8, 4) is 11.5 Å². The molecule has 1 unspecified atom stereocenters. The van der Waals surface area contributed by atoms with Gasteiger partial charge in [0.2, 0.25) is 0 Å². The van der Waals surface area contributed by atoms with E-state index in [9.17, 15) is 4.79 Å². The molecular weight excluding hydrogens is 264 g/mol. The fourth-order valence-corrected chi connectivity index (χ4v) is 2.17. The van der Waals surface area contributed by atoms with E-state index in [0.29, 0.717) is 23.1 Å². The molecule has 1 atom stereocenters. The van der Waals surface area contributed by atoms with Crippen LogP contribution in [0.1, 0.15) is 42.1 Å². The number of anilines is 1. The molecule has 2 rings (SSSR count). The van der Waals surface area contributed by atoms with E-state index in [1.807, 2.05) is 24.3 Å². The summed E-state index contributed by atoms with van der Waals surface area (Å²) in [6.07, 6.45) is 0.993. The topological polar surface area (TPSA) is 78.3 Å². The third kappa shape index (κ3) is 3.16. The van der Waals surface area contributed by atoms with Gasteiger partial charge in [-0.15, -0.1) is 0 Å². The van der Waals surface area contributed by atoms with E-state index >= 15 is 0 Å². The number of ether oxygens (including phenoxy) is 1. The van der Waals surface area contributed by atoms with Crippen LogP contribution in [0.2, 0.25) is 0 Å². The summed E-state index contributed by atoms with van der Waals surface area (Å²) in [5.41, 5.74) is 13.1. The number of para-hydroxylation sites is 2. The maximum Gasteiger partial charge on any atom is 0.252 e. The SMILES string of the molecule is CCC(C)c1ccccc1Oc1c(N)cccc1C(N)=O. The van der Waals surface area contributed by atoms with E-state index in [4.69, 9.17) is 16.2 Å². The Morgan fingerprint density at radius 1 is 1.19 bits per heavy atom. The van der Waals surface area contributed by atoms with E-state index in [-0.39, 0.29) is 5.56 Å². The lowest BCUT2D eigenvalue weighted by atomic mass is 9.98. The number of amides is 1. The molecule has 110 valence electrons. The molecule has 21 heavy (non-hydrogen) atoms. The van der Waals surface area contributed by atoms with Crippen LogP contribution < -0.4 is 16.2 Å². The molecule has 4 N–H and O–H groups in total. The van der Waals surface area contributed by atoms with Crippen LogP contribution in [0.4, 0.5) is 5.69 Å². The summed E-state index contributed by atoms with van der Waals surface area (Å²) in [4.78, 5) is 11.5. The lowest BCUT2D eigenvalue weighted by molar-refractivity contribution is 0.0998. The van der Waals surface area contributed by atoms with Gasteiger partial charge in [-0.05, 0) is 36.1 Å². The molecule has 0 spiro atoms. The Morgan fingerprint density at radius 3 is 2.57 bits per heavy atom. The standard InChI is InChI=1S/C17H20N2O2/c1-3-11(2)12-7-4-5-10-15(12)21-16-13(17(19)20)8-6-9-14(16)18/h4-11H,3,18H2,1-2H3,(H2,19,20). The summed E-state index contributed by atoms with van der Waals surface area (Å²) in [5, 5.41) is 0. The van der Waals surface area contributed by atoms with Gasteiger partial charge in [0.25, 0.3) is 5.91 Å². The van der Waals surface area contributed by atoms with Crippen molar-refractivity contribution in [1.29, 1.82) is 0 Å². The zero-order valence-electron chi connectivity index (χ0n) is 12.3. The number of benzene rings is 2. The number of carbonyl (C=O) groups is 1. The molecule has 0 bridgehead atoms. The number of primary amides is 1. The molecule has 0 aromatic heterocycles. The third-order valence-electron chi connectivity index (χ3n) is 3.59. The first kappa shape index (κ1) is 14.9. The maximum absolute atomic E-state index is 11.5. The zero-order valence-corrected chi connectivity index (χ0v) is 12.3. The van der Waals surface area contributed by atoms with Crippen molar-refractivity contribution >= 4 is 11.6 Å². The molecule has 0 saturated heterocycles. The van der Waals surface area contributed by atoms with Crippen molar-refractivity contribution in [3.63, 3.8) is 0 Å². The highest BCUT2D eigenvalue weighted by molar-refractivity contribution is 5.97. The first-order chi connectivity index (χ1) is 10.0. The molecule has 0 radical (unpaired) electrons. The molecule has 0 aliphatic carbocycles. The number of hydrogen-bond donors (Lipinski definition) is 2. The molecule has 0 saturated carbocycles. The lowest BCUT2D eigenvalue weighted by Gasteiger charge is -2.17. The van der Waals surface area contributed by atoms with Crippen LogP contribution in [0.15, 0.2) is 42.5 Å². The van der Waals surface area contributed by atoms with Crippen LogP contribution in [0.3, 0.4) is 0 Å². The van der Waals surface area contributed by atoms with Gasteiger partial charge in [-0.2, -0.15) is 0 Å². The van der Waals surface area contributed by atoms with Crippen LogP contribution in [0, 0.1) is 0 Å². The average molecular weight is 284 g/mol. The zero-order chi connectivity index (χ0) is 15.4. The molecule has 0 heterocycles. The number of hydrogen-bond acceptors (Lipinski definition) is 3. The van der Waals surface area contributed by atoms with Crippen LogP contribution in [-0.2, 0) is 0 Å². The molecule has 1 amide bonds. The van der Waals surface area contributed by atoms with Gasteiger partial charge < -0.3 is 16.2 Å². The Bertz CT molecular complexity index is 653. The average Bonchev–Trinajstić information content (AvgIpc) is 2.48. The first-order valence-electron chi connectivity index (χ1n) is 6.99. The second-order valence-electron chi connectivity index (χ2n) is 5.04. The number of nitrogen functional groups attached to an aromatic ring is 1. The first-order valence-corrected chi connectivity index (χ1v) is 6.99. The summed E-state index contributed by atoms with van der Waals surface area (Å²) >= 11 is 0. The Labute approximate surface area is 124 Å². The number of nitrogens with two attached hydrogens (primary N) is 2. The quantitative estimate of drug-likeness (QED) is 0.822. The van der Waals surface area contributed by atoms with Gasteiger partial charge in [0.15, 0.2) is 5.75 Å². The Morgan fingerprint density at radius 2 is 1.90 bits per heavy atom. The van der Waals surface area contributed by atoms with Gasteiger partial charge in [-0.1, -0.05) is 38.1 Å². The van der Waals surface area contributed by atoms with Crippen LogP contribution >= 0.6 is 0 Å². The van der Waals surface area contributed by atoms with Gasteiger partial charge in [-0.3, -0.25) is 4.79 Å². The van der Waals surface area contributed by atoms with Crippen molar-refractivity contribution in [3.05, 3.63) is 53.6 Å². The summed E-state index contributed by atoms with van der Waals surface area (Å²) in [6, 6.07) is 12.7. The highest BCUT2D eigenvalue weighted by Gasteiger charge is 2.16. The van der Waals surface area contributed by atoms with Crippen molar-refractivity contribution in [2.24, 2.45) is 5.73 Å². The van der Waals surface area contributed by atoms with E-state index in [1.54, 1.807) is 18.2 Å². The summed E-state index contributed by atoms with van der Waals surface area (Å²) in [7, 11) is 0. The predicted molar refractivity (Wildman–Crippen MR) is 84.6 cm³/mol. The molecule has 0 aliphatic rings. The van der Waals surface area contributed by atoms with E-state index in [0.717, 1.165) is 12.0 Å². The highest BCUT2D eigenvalue weighted by Crippen LogP contribution is 2.36. The van der Waals surface area contributed by atoms with E-state index < -0.39 is 5.91 Å². The molecule has 4 nitrogen and oxygen atoms in total. The number of carbonyl (C=O) groups excluding carboxylic acids is 1. The summed E-state index contributed by atoms with van der Waals surface area (Å²) in [6.45, 7) is 4.25. The minimum atomic E-state index is -0.557. The lowest BCUT2D eigenvalue weighted by Crippen LogP contribution is -2.13. The second kappa shape index (κ2) is 6.31. The van der Waals surface area contributed by atoms with E-state index in [2.05, 4.69) is 13.8 Å². The van der Waals surface area contributed by atoms with Crippen molar-refractivity contribution in [2.75, 3.05) is 5.73 Å². The van der Waals surface area contributed by atoms with Crippen molar-refractivity contribution in [2.45, 2.75) is 26.2 Å². The van der Waals surface area contributed by atoms with Crippen molar-refractivity contribution < 1.29 is 9.53 Å². The van der Waals surface area contributed by atoms with E-state index in [1.165, 1.54) is 0 Å². The minimum Gasteiger partial charge on any atom is -0.454 e. The van der Waals surface area contributed by atoms with Crippen molar-refractivity contribution in [1.82, 2.24) is 0 Å². The van der Waals surface area contributed by atoms with Crippen LogP contribution in [-0.4, -0.2) is 5.91 Å². The molecule has 0 fully saturated rings. The Hall–Kier alpha value is -2.49. The Kier molecular flexibility index (Phi) is 4.48. The summed E-state index contributed by atoms with van der Waals surface area (Å²) < 4.78 is 5.93. The second-order valence-corrected chi connectivity index (χ2v) is 5.04. The molecule has 2 aromatic rings. The smallest absolute Gasteiger partial charge is 0.252 e. The largest absolute Gasteiger partial charge is 0.454 e. The normalized spacial score (nSPS) is 11.9. The van der Waals surface area contributed by atoms with Gasteiger partial charge >= 0.3 is 0 Å². The van der Waals surface area contributed by atoms with Crippen LogP contribution in [0.5, 0.6) is 11.5 Å². The van der Waals surface area contributed by atoms with Gasteiger partial charge in [0.05, 0.1) is 11.3 Å². The fourth-order valence-electron chi connectivity index (χ4n) is 2.17. The van der Waals surface area contributed by atoms with Gasteiger partial charge in [0.1, 0.15) is 5.75 Å². The molecule has 4 heteroatoms. The fraction of sp³-hybridized carbons (Fsp3) is 0.235. The summed E-state index contributed by atoms with van der Waals surface area (Å²) in [5.74, 6) is 0.814. The molecular formula is C17H20N2O2. The van der Waals surface area contributed by atoms with Gasteiger partial charge in [0, 0.05) is 0 Å². The number of rotatable bonds is 5. The highest BCUT2D eigenvalue weighted by atomic mass is 16.5. The Balaban J connectivity index is 2.46. The molecule has 0 aliphatic heterocycles. The van der Waals surface area contributed by atoms with Crippen LogP contribution in [0.25, 0.3) is 0 Å². The third-order valence-corrected chi connectivity index (χ3v) is 3.59. The molecule has 2 aromatic carbocycles. The predicted octanol–water partition coefficient (Wildman–Crippen LogP) is 3.67. The maximum atomic E-state index is 11.5. The minimum absolute atomic E-state index is 0.286.